The molecule has 1 unspecified atom stereocenters. The molecule has 0 amide bonds. The molecule has 0 aliphatic heterocycles. The van der Waals surface area contributed by atoms with E-state index in [0.717, 1.165) is 0 Å². The van der Waals surface area contributed by atoms with E-state index < -0.39 is 17.9 Å². The van der Waals surface area contributed by atoms with Crippen molar-refractivity contribution in [2.45, 2.75) is 59.0 Å². The number of carbonyl (C=O) groups is 1. The lowest BCUT2D eigenvalue weighted by atomic mass is 10.1. The van der Waals surface area contributed by atoms with E-state index in [2.05, 4.69) is 0 Å². The second-order valence-electron chi connectivity index (χ2n) is 4.73. The first-order chi connectivity index (χ1) is 7.80. The zero-order valence-corrected chi connectivity index (χ0v) is 11.5. The van der Waals surface area contributed by atoms with E-state index in [1.54, 1.807) is 0 Å². The van der Waals surface area contributed by atoms with Crippen molar-refractivity contribution in [1.82, 2.24) is 0 Å². The summed E-state index contributed by atoms with van der Waals surface area (Å²) in [6, 6.07) is -0.509. The van der Waals surface area contributed by atoms with E-state index in [1.165, 1.54) is 0 Å². The van der Waals surface area contributed by atoms with E-state index in [-0.39, 0.29) is 12.4 Å². The van der Waals surface area contributed by atoms with Crippen molar-refractivity contribution >= 4 is 5.97 Å². The lowest BCUT2D eigenvalue weighted by molar-refractivity contribution is -0.167. The van der Waals surface area contributed by atoms with Crippen molar-refractivity contribution in [2.24, 2.45) is 5.73 Å². The van der Waals surface area contributed by atoms with Gasteiger partial charge >= 0.3 is 5.97 Å². The summed E-state index contributed by atoms with van der Waals surface area (Å²) >= 11 is 0. The van der Waals surface area contributed by atoms with Crippen LogP contribution in [0.1, 0.15) is 41.0 Å². The van der Waals surface area contributed by atoms with E-state index in [4.69, 9.17) is 19.9 Å². The fourth-order valence-corrected chi connectivity index (χ4v) is 1.30. The highest BCUT2D eigenvalue weighted by Crippen LogP contribution is 2.11. The maximum absolute atomic E-state index is 11.6. The Bertz CT molecular complexity index is 219. The van der Waals surface area contributed by atoms with Crippen molar-refractivity contribution in [3.63, 3.8) is 0 Å². The Hall–Kier alpha value is -0.650. The van der Waals surface area contributed by atoms with Gasteiger partial charge in [-0.2, -0.15) is 0 Å². The van der Waals surface area contributed by atoms with Crippen LogP contribution in [-0.4, -0.2) is 37.1 Å². The number of rotatable bonds is 7. The van der Waals surface area contributed by atoms with E-state index in [9.17, 15) is 4.79 Å². The first kappa shape index (κ1) is 16.4. The summed E-state index contributed by atoms with van der Waals surface area (Å²) in [5.41, 5.74) is 5.36. The molecule has 102 valence electrons. The molecule has 0 aromatic heterocycles. The van der Waals surface area contributed by atoms with Crippen LogP contribution in [0.4, 0.5) is 0 Å². The molecule has 17 heavy (non-hydrogen) atoms. The third kappa shape index (κ3) is 8.12. The number of ether oxygens (including phenoxy) is 3. The van der Waals surface area contributed by atoms with Gasteiger partial charge in [0.2, 0.25) is 0 Å². The average Bonchev–Trinajstić information content (AvgIpc) is 2.14. The molecular formula is C12H25NO4. The molecule has 5 heteroatoms. The predicted octanol–water partition coefficient (Wildman–Crippen LogP) is 1.44. The number of carbonyl (C=O) groups excluding carboxylic acids is 1. The minimum absolute atomic E-state index is 0.0853. The zero-order valence-electron chi connectivity index (χ0n) is 11.5. The van der Waals surface area contributed by atoms with Crippen molar-refractivity contribution in [1.29, 1.82) is 0 Å². The Morgan fingerprint density at radius 2 is 1.65 bits per heavy atom. The zero-order chi connectivity index (χ0) is 13.5. The Labute approximate surface area is 104 Å². The van der Waals surface area contributed by atoms with Crippen LogP contribution in [0, 0.1) is 0 Å². The smallest absolute Gasteiger partial charge is 0.308 e. The molecule has 0 aromatic rings. The molecule has 0 aliphatic carbocycles. The Kier molecular flexibility index (Phi) is 7.34. The highest BCUT2D eigenvalue weighted by molar-refractivity contribution is 5.70. The predicted molar refractivity (Wildman–Crippen MR) is 65.5 cm³/mol. The SMILES string of the molecule is CCOC(OCC)C(N)CC(=O)OC(C)(C)C. The summed E-state index contributed by atoms with van der Waals surface area (Å²) < 4.78 is 15.8. The van der Waals surface area contributed by atoms with Gasteiger partial charge in [-0.15, -0.1) is 0 Å². The number of hydrogen-bond donors (Lipinski definition) is 1. The van der Waals surface area contributed by atoms with Crippen LogP contribution < -0.4 is 5.73 Å². The van der Waals surface area contributed by atoms with Gasteiger partial charge in [0.15, 0.2) is 6.29 Å². The lowest BCUT2D eigenvalue weighted by Gasteiger charge is -2.25. The van der Waals surface area contributed by atoms with Gasteiger partial charge in [-0.1, -0.05) is 0 Å². The first-order valence-electron chi connectivity index (χ1n) is 6.00. The molecule has 1 atom stereocenters. The minimum atomic E-state index is -0.558. The standard InChI is InChI=1S/C12H25NO4/c1-6-15-11(16-7-2)9(13)8-10(14)17-12(3,4)5/h9,11H,6-8,13H2,1-5H3. The highest BCUT2D eigenvalue weighted by Gasteiger charge is 2.24. The number of nitrogens with two attached hydrogens (primary N) is 1. The molecule has 0 radical (unpaired) electrons. The second kappa shape index (κ2) is 7.63. The molecule has 0 saturated heterocycles. The fourth-order valence-electron chi connectivity index (χ4n) is 1.30. The van der Waals surface area contributed by atoms with Crippen LogP contribution in [0.15, 0.2) is 0 Å². The Morgan fingerprint density at radius 3 is 2.00 bits per heavy atom. The van der Waals surface area contributed by atoms with Gasteiger partial charge in [-0.05, 0) is 34.6 Å². The van der Waals surface area contributed by atoms with Crippen LogP contribution in [0.5, 0.6) is 0 Å². The van der Waals surface area contributed by atoms with Gasteiger partial charge in [0, 0.05) is 13.2 Å². The van der Waals surface area contributed by atoms with Crippen molar-refractivity contribution in [3.8, 4) is 0 Å². The van der Waals surface area contributed by atoms with Gasteiger partial charge in [-0.3, -0.25) is 4.79 Å². The molecule has 0 bridgehead atoms. The highest BCUT2D eigenvalue weighted by atomic mass is 16.7. The second-order valence-corrected chi connectivity index (χ2v) is 4.73. The van der Waals surface area contributed by atoms with E-state index in [0.29, 0.717) is 13.2 Å². The maximum atomic E-state index is 11.6. The van der Waals surface area contributed by atoms with Gasteiger partial charge in [0.1, 0.15) is 5.60 Å². The monoisotopic (exact) mass is 247 g/mol. The summed E-state index contributed by atoms with van der Waals surface area (Å²) in [6.45, 7) is 10.1. The summed E-state index contributed by atoms with van der Waals surface area (Å²) in [6.07, 6.45) is -0.473. The fraction of sp³-hybridized carbons (Fsp3) is 0.917. The maximum Gasteiger partial charge on any atom is 0.308 e. The van der Waals surface area contributed by atoms with Crippen LogP contribution in [0.3, 0.4) is 0 Å². The van der Waals surface area contributed by atoms with Crippen molar-refractivity contribution in [3.05, 3.63) is 0 Å². The minimum Gasteiger partial charge on any atom is -0.460 e. The van der Waals surface area contributed by atoms with Gasteiger partial charge in [-0.25, -0.2) is 0 Å². The lowest BCUT2D eigenvalue weighted by Crippen LogP contribution is -2.41. The Morgan fingerprint density at radius 1 is 1.18 bits per heavy atom. The van der Waals surface area contributed by atoms with E-state index in [1.807, 2.05) is 34.6 Å². The van der Waals surface area contributed by atoms with Gasteiger partial charge in [0.25, 0.3) is 0 Å². The molecule has 5 nitrogen and oxygen atoms in total. The van der Waals surface area contributed by atoms with Crippen LogP contribution in [0.25, 0.3) is 0 Å². The molecule has 0 rings (SSSR count). The third-order valence-electron chi connectivity index (χ3n) is 1.83. The molecule has 0 heterocycles. The normalized spacial score (nSPS) is 13.8. The molecular weight excluding hydrogens is 222 g/mol. The Balaban J connectivity index is 4.19. The molecule has 0 aliphatic rings. The summed E-state index contributed by atoms with van der Waals surface area (Å²) in [5.74, 6) is -0.339. The van der Waals surface area contributed by atoms with Gasteiger partial charge in [0.05, 0.1) is 12.5 Å². The quantitative estimate of drug-likeness (QED) is 0.544. The number of hydrogen-bond acceptors (Lipinski definition) is 5. The van der Waals surface area contributed by atoms with Crippen LogP contribution >= 0.6 is 0 Å². The van der Waals surface area contributed by atoms with Crippen molar-refractivity contribution in [2.75, 3.05) is 13.2 Å². The number of esters is 1. The molecule has 0 fully saturated rings. The molecule has 0 saturated carbocycles. The van der Waals surface area contributed by atoms with Crippen LogP contribution in [0.2, 0.25) is 0 Å². The van der Waals surface area contributed by atoms with Gasteiger partial charge < -0.3 is 19.9 Å². The third-order valence-corrected chi connectivity index (χ3v) is 1.83. The largest absolute Gasteiger partial charge is 0.460 e. The summed E-state index contributed by atoms with van der Waals surface area (Å²) in [7, 11) is 0. The van der Waals surface area contributed by atoms with Crippen LogP contribution in [-0.2, 0) is 19.0 Å². The first-order valence-corrected chi connectivity index (χ1v) is 6.00. The molecule has 0 spiro atoms. The summed E-state index contributed by atoms with van der Waals surface area (Å²) in [5, 5.41) is 0. The molecule has 0 aromatic carbocycles. The topological polar surface area (TPSA) is 70.8 Å². The molecule has 2 N–H and O–H groups in total. The van der Waals surface area contributed by atoms with E-state index >= 15 is 0 Å². The van der Waals surface area contributed by atoms with Crippen molar-refractivity contribution < 1.29 is 19.0 Å². The summed E-state index contributed by atoms with van der Waals surface area (Å²) in [4.78, 5) is 11.6. The average molecular weight is 247 g/mol.